The number of benzene rings is 1. The fourth-order valence-corrected chi connectivity index (χ4v) is 2.93. The first-order valence-electron chi connectivity index (χ1n) is 7.78. The SMILES string of the molecule is CC(C)c1cccc(SN2CCN(C)CC2)c1.CCC. The van der Waals surface area contributed by atoms with Gasteiger partial charge in [0.2, 0.25) is 0 Å². The molecular formula is C17H30N2S. The Kier molecular flexibility index (Phi) is 8.27. The van der Waals surface area contributed by atoms with Gasteiger partial charge >= 0.3 is 0 Å². The van der Waals surface area contributed by atoms with Gasteiger partial charge in [0.05, 0.1) is 0 Å². The molecular weight excluding hydrogens is 264 g/mol. The van der Waals surface area contributed by atoms with E-state index in [0.717, 1.165) is 13.1 Å². The smallest absolute Gasteiger partial charge is 0.0233 e. The van der Waals surface area contributed by atoms with Gasteiger partial charge in [-0.1, -0.05) is 46.2 Å². The predicted octanol–water partition coefficient (Wildman–Crippen LogP) is 4.48. The van der Waals surface area contributed by atoms with E-state index in [9.17, 15) is 0 Å². The Morgan fingerprint density at radius 3 is 2.25 bits per heavy atom. The Hall–Kier alpha value is -0.510. The zero-order chi connectivity index (χ0) is 15.0. The van der Waals surface area contributed by atoms with Crippen molar-refractivity contribution in [2.75, 3.05) is 33.2 Å². The van der Waals surface area contributed by atoms with Crippen LogP contribution in [0.4, 0.5) is 0 Å². The highest BCUT2D eigenvalue weighted by Gasteiger charge is 2.14. The summed E-state index contributed by atoms with van der Waals surface area (Å²) in [6.45, 7) is 13.4. The summed E-state index contributed by atoms with van der Waals surface area (Å²) in [7, 11) is 2.20. The van der Waals surface area contributed by atoms with Gasteiger partial charge < -0.3 is 4.90 Å². The van der Waals surface area contributed by atoms with Crippen molar-refractivity contribution in [1.29, 1.82) is 0 Å². The molecule has 0 saturated carbocycles. The summed E-state index contributed by atoms with van der Waals surface area (Å²) in [6.07, 6.45) is 1.25. The van der Waals surface area contributed by atoms with Crippen LogP contribution in [-0.4, -0.2) is 42.4 Å². The van der Waals surface area contributed by atoms with Crippen molar-refractivity contribution in [3.05, 3.63) is 29.8 Å². The van der Waals surface area contributed by atoms with E-state index in [1.807, 2.05) is 11.9 Å². The van der Waals surface area contributed by atoms with Crippen LogP contribution in [0.1, 0.15) is 45.6 Å². The van der Waals surface area contributed by atoms with Crippen LogP contribution in [0.25, 0.3) is 0 Å². The van der Waals surface area contributed by atoms with Crippen molar-refractivity contribution >= 4 is 11.9 Å². The van der Waals surface area contributed by atoms with Gasteiger partial charge in [-0.25, -0.2) is 4.31 Å². The summed E-state index contributed by atoms with van der Waals surface area (Å²) < 4.78 is 2.47. The van der Waals surface area contributed by atoms with Crippen molar-refractivity contribution in [1.82, 2.24) is 9.21 Å². The number of likely N-dealkylation sites (N-methyl/N-ethyl adjacent to an activating group) is 1. The van der Waals surface area contributed by atoms with E-state index in [0.29, 0.717) is 5.92 Å². The third-order valence-electron chi connectivity index (χ3n) is 3.22. The van der Waals surface area contributed by atoms with E-state index in [-0.39, 0.29) is 0 Å². The summed E-state index contributed by atoms with van der Waals surface area (Å²) in [4.78, 5) is 3.77. The molecule has 0 N–H and O–H groups in total. The fourth-order valence-electron chi connectivity index (χ4n) is 1.96. The van der Waals surface area contributed by atoms with Gasteiger partial charge in [-0.3, -0.25) is 0 Å². The first-order valence-corrected chi connectivity index (χ1v) is 8.55. The summed E-state index contributed by atoms with van der Waals surface area (Å²) in [5, 5.41) is 0. The molecule has 0 spiro atoms. The van der Waals surface area contributed by atoms with Crippen LogP contribution in [0.5, 0.6) is 0 Å². The molecule has 0 atom stereocenters. The zero-order valence-corrected chi connectivity index (χ0v) is 14.5. The van der Waals surface area contributed by atoms with E-state index in [4.69, 9.17) is 0 Å². The molecule has 1 aromatic carbocycles. The van der Waals surface area contributed by atoms with Gasteiger partial charge in [-0.2, -0.15) is 0 Å². The molecule has 0 amide bonds. The Balaban J connectivity index is 0.000000612. The molecule has 114 valence electrons. The Bertz CT molecular complexity index is 371. The van der Waals surface area contributed by atoms with Crippen LogP contribution in [0, 0.1) is 0 Å². The lowest BCUT2D eigenvalue weighted by molar-refractivity contribution is 0.233. The van der Waals surface area contributed by atoms with Crippen LogP contribution in [0.15, 0.2) is 29.2 Å². The molecule has 1 heterocycles. The molecule has 2 rings (SSSR count). The van der Waals surface area contributed by atoms with Gasteiger partial charge in [0.15, 0.2) is 0 Å². The maximum Gasteiger partial charge on any atom is 0.0233 e. The van der Waals surface area contributed by atoms with Crippen LogP contribution in [-0.2, 0) is 0 Å². The molecule has 0 radical (unpaired) electrons. The lowest BCUT2D eigenvalue weighted by atomic mass is 10.0. The largest absolute Gasteiger partial charge is 0.304 e. The van der Waals surface area contributed by atoms with Gasteiger partial charge in [0, 0.05) is 31.1 Å². The highest BCUT2D eigenvalue weighted by atomic mass is 32.2. The minimum absolute atomic E-state index is 0.614. The Labute approximate surface area is 129 Å². The topological polar surface area (TPSA) is 6.48 Å². The molecule has 1 aliphatic rings. The molecule has 0 bridgehead atoms. The van der Waals surface area contributed by atoms with E-state index in [1.54, 1.807) is 0 Å². The lowest BCUT2D eigenvalue weighted by Gasteiger charge is -2.31. The minimum Gasteiger partial charge on any atom is -0.304 e. The van der Waals surface area contributed by atoms with Gasteiger partial charge in [0.25, 0.3) is 0 Å². The third kappa shape index (κ3) is 6.29. The minimum atomic E-state index is 0.614. The van der Waals surface area contributed by atoms with Gasteiger partial charge in [-0.05, 0) is 42.6 Å². The monoisotopic (exact) mass is 294 g/mol. The highest BCUT2D eigenvalue weighted by Crippen LogP contribution is 2.26. The van der Waals surface area contributed by atoms with E-state index in [2.05, 4.69) is 68.2 Å². The number of rotatable bonds is 3. The average molecular weight is 295 g/mol. The number of hydrogen-bond acceptors (Lipinski definition) is 3. The highest BCUT2D eigenvalue weighted by molar-refractivity contribution is 7.97. The molecule has 1 fully saturated rings. The Morgan fingerprint density at radius 2 is 1.70 bits per heavy atom. The quantitative estimate of drug-likeness (QED) is 0.759. The van der Waals surface area contributed by atoms with E-state index in [1.165, 1.54) is 30.0 Å². The van der Waals surface area contributed by atoms with E-state index >= 15 is 0 Å². The predicted molar refractivity (Wildman–Crippen MR) is 91.4 cm³/mol. The summed E-state index contributed by atoms with van der Waals surface area (Å²) in [5.41, 5.74) is 1.43. The van der Waals surface area contributed by atoms with Crippen LogP contribution >= 0.6 is 11.9 Å². The molecule has 0 aliphatic carbocycles. The summed E-state index contributed by atoms with van der Waals surface area (Å²) in [5.74, 6) is 0.614. The number of nitrogens with zero attached hydrogens (tertiary/aromatic N) is 2. The molecule has 20 heavy (non-hydrogen) atoms. The maximum atomic E-state index is 2.47. The van der Waals surface area contributed by atoms with Crippen molar-refractivity contribution in [3.8, 4) is 0 Å². The molecule has 1 aliphatic heterocycles. The Morgan fingerprint density at radius 1 is 1.10 bits per heavy atom. The van der Waals surface area contributed by atoms with E-state index < -0.39 is 0 Å². The molecule has 2 nitrogen and oxygen atoms in total. The molecule has 3 heteroatoms. The molecule has 0 aromatic heterocycles. The van der Waals surface area contributed by atoms with Crippen LogP contribution in [0.2, 0.25) is 0 Å². The van der Waals surface area contributed by atoms with Crippen molar-refractivity contribution in [3.63, 3.8) is 0 Å². The first kappa shape index (κ1) is 17.5. The second-order valence-corrected chi connectivity index (χ2v) is 6.93. The zero-order valence-electron chi connectivity index (χ0n) is 13.7. The van der Waals surface area contributed by atoms with Crippen molar-refractivity contribution < 1.29 is 0 Å². The van der Waals surface area contributed by atoms with Gasteiger partial charge in [-0.15, -0.1) is 0 Å². The van der Waals surface area contributed by atoms with Crippen molar-refractivity contribution in [2.45, 2.75) is 44.9 Å². The lowest BCUT2D eigenvalue weighted by Crippen LogP contribution is -2.40. The second-order valence-electron chi connectivity index (χ2n) is 5.76. The average Bonchev–Trinajstić information content (AvgIpc) is 2.43. The van der Waals surface area contributed by atoms with Crippen molar-refractivity contribution in [2.24, 2.45) is 0 Å². The number of piperazine rings is 1. The normalized spacial score (nSPS) is 16.9. The summed E-state index contributed by atoms with van der Waals surface area (Å²) >= 11 is 1.90. The molecule has 0 unspecified atom stereocenters. The second kappa shape index (κ2) is 9.43. The first-order chi connectivity index (χ1) is 9.56. The third-order valence-corrected chi connectivity index (χ3v) is 4.31. The number of hydrogen-bond donors (Lipinski definition) is 0. The fraction of sp³-hybridized carbons (Fsp3) is 0.647. The summed E-state index contributed by atoms with van der Waals surface area (Å²) in [6, 6.07) is 8.94. The maximum absolute atomic E-state index is 2.47. The van der Waals surface area contributed by atoms with Gasteiger partial charge in [0.1, 0.15) is 0 Å². The standard InChI is InChI=1S/C14H22N2S.C3H8/c1-12(2)13-5-4-6-14(11-13)17-16-9-7-15(3)8-10-16;1-3-2/h4-6,11-12H,7-10H2,1-3H3;3H2,1-2H3. The van der Waals surface area contributed by atoms with Crippen LogP contribution in [0.3, 0.4) is 0 Å². The van der Waals surface area contributed by atoms with Crippen LogP contribution < -0.4 is 0 Å². The molecule has 1 aromatic rings. The molecule has 1 saturated heterocycles.